The van der Waals surface area contributed by atoms with E-state index < -0.39 is 18.4 Å². The summed E-state index contributed by atoms with van der Waals surface area (Å²) in [6.07, 6.45) is 3.95. The number of benzene rings is 2. The minimum absolute atomic E-state index is 0.0173. The van der Waals surface area contributed by atoms with Crippen molar-refractivity contribution < 1.29 is 36.9 Å². The summed E-state index contributed by atoms with van der Waals surface area (Å²) in [7, 11) is 0. The number of hydrogen-bond donors (Lipinski definition) is 1. The van der Waals surface area contributed by atoms with Gasteiger partial charge in [-0.1, -0.05) is 18.7 Å². The molecule has 1 atom stereocenters. The van der Waals surface area contributed by atoms with Crippen molar-refractivity contribution in [3.8, 4) is 22.9 Å². The van der Waals surface area contributed by atoms with Gasteiger partial charge in [-0.15, -0.1) is 0 Å². The number of ether oxygens (including phenoxy) is 4. The highest BCUT2D eigenvalue weighted by atomic mass is 19.4. The second-order valence-corrected chi connectivity index (χ2v) is 17.0. The highest BCUT2D eigenvalue weighted by molar-refractivity contribution is 6.07. The van der Waals surface area contributed by atoms with E-state index in [-0.39, 0.29) is 41.1 Å². The fraction of sp³-hybridized carbons (Fsp3) is 0.571. The number of piperidine rings is 2. The van der Waals surface area contributed by atoms with Crippen LogP contribution >= 0.6 is 0 Å². The zero-order valence-corrected chi connectivity index (χ0v) is 33.2. The fourth-order valence-electron chi connectivity index (χ4n) is 8.73. The smallest absolute Gasteiger partial charge is 0.422 e. The molecule has 0 saturated carbocycles. The molecule has 1 amide bonds. The van der Waals surface area contributed by atoms with Crippen molar-refractivity contribution in [1.82, 2.24) is 30.0 Å². The van der Waals surface area contributed by atoms with Gasteiger partial charge in [-0.2, -0.15) is 28.2 Å². The van der Waals surface area contributed by atoms with Gasteiger partial charge in [0, 0.05) is 54.5 Å². The first-order valence-electron chi connectivity index (χ1n) is 20.1. The Kier molecular flexibility index (Phi) is 10.5. The maximum atomic E-state index is 14.2. The number of nitrogens with zero attached hydrogens (tertiary/aromatic N) is 6. The summed E-state index contributed by atoms with van der Waals surface area (Å²) < 4.78 is 68.4. The zero-order chi connectivity index (χ0) is 40.1. The molecule has 8 rings (SSSR count). The van der Waals surface area contributed by atoms with E-state index in [9.17, 15) is 18.0 Å². The summed E-state index contributed by atoms with van der Waals surface area (Å²) in [6, 6.07) is 5.93. The molecule has 6 heterocycles. The SMILES string of the molecule is C=Cc1cc2c(N3CCC4(CC3)CN(C(=O)OC(C)(C)C)C4)nc(OC3CCNCC3)nc2c(OCC(F)(F)F)c1-c1c(C)ccc2c1cnn2C1CCCCO1. The van der Waals surface area contributed by atoms with E-state index in [4.69, 9.17) is 34.0 Å². The average molecular weight is 792 g/mol. The minimum Gasteiger partial charge on any atom is -0.481 e. The van der Waals surface area contributed by atoms with Crippen LogP contribution in [0.3, 0.4) is 0 Å². The first-order valence-corrected chi connectivity index (χ1v) is 20.1. The number of aromatic nitrogens is 4. The van der Waals surface area contributed by atoms with Crippen molar-refractivity contribution in [1.29, 1.82) is 0 Å². The lowest BCUT2D eigenvalue weighted by molar-refractivity contribution is -0.153. The van der Waals surface area contributed by atoms with E-state index in [1.807, 2.05) is 50.6 Å². The van der Waals surface area contributed by atoms with Crippen LogP contribution in [0.4, 0.5) is 23.8 Å². The Hall–Kier alpha value is -4.63. The highest BCUT2D eigenvalue weighted by Gasteiger charge is 2.48. The number of likely N-dealkylation sites (tertiary alicyclic amines) is 1. The maximum Gasteiger partial charge on any atom is 0.422 e. The largest absolute Gasteiger partial charge is 0.481 e. The number of anilines is 1. The van der Waals surface area contributed by atoms with Gasteiger partial charge in [0.25, 0.3) is 0 Å². The number of hydrogen-bond acceptors (Lipinski definition) is 10. The van der Waals surface area contributed by atoms with Crippen LogP contribution in [0.5, 0.6) is 11.8 Å². The van der Waals surface area contributed by atoms with Crippen molar-refractivity contribution in [2.45, 2.75) is 96.7 Å². The van der Waals surface area contributed by atoms with Crippen LogP contribution in [0.1, 0.15) is 83.1 Å². The van der Waals surface area contributed by atoms with Crippen molar-refractivity contribution in [3.05, 3.63) is 42.1 Å². The second-order valence-electron chi connectivity index (χ2n) is 17.0. The monoisotopic (exact) mass is 791 g/mol. The number of carbonyl (C=O) groups is 1. The molecule has 0 aliphatic carbocycles. The standard InChI is InChI=1S/C42H52F3N7O5/c1-6-27-21-29-35(36(55-25-42(43,44)45)34(27)33-26(2)10-11-31-30(33)22-47-52(31)32-9-7-8-20-54-32)48-38(56-28-12-16-46-17-13-28)49-37(29)50-18-14-41(15-19-50)23-51(24-41)39(53)57-40(3,4)5/h6,10-11,21-22,28,32,46H,1,7-9,12-20,23-25H2,2-5H3. The average Bonchev–Trinajstić information content (AvgIpc) is 3.59. The van der Waals surface area contributed by atoms with Gasteiger partial charge in [0.1, 0.15) is 23.0 Å². The summed E-state index contributed by atoms with van der Waals surface area (Å²) >= 11 is 0. The number of amides is 1. The van der Waals surface area contributed by atoms with Gasteiger partial charge in [0.05, 0.1) is 11.7 Å². The van der Waals surface area contributed by atoms with Gasteiger partial charge >= 0.3 is 18.3 Å². The van der Waals surface area contributed by atoms with E-state index in [1.54, 1.807) is 17.2 Å². The van der Waals surface area contributed by atoms with Crippen LogP contribution < -0.4 is 19.7 Å². The summed E-state index contributed by atoms with van der Waals surface area (Å²) in [5.74, 6) is 0.544. The molecule has 57 heavy (non-hydrogen) atoms. The summed E-state index contributed by atoms with van der Waals surface area (Å²) in [6.45, 7) is 14.8. The molecule has 4 aromatic rings. The maximum absolute atomic E-state index is 14.2. The predicted octanol–water partition coefficient (Wildman–Crippen LogP) is 8.21. The Morgan fingerprint density at radius 2 is 1.81 bits per heavy atom. The van der Waals surface area contributed by atoms with Crippen LogP contribution in [0.2, 0.25) is 0 Å². The normalized spacial score (nSPS) is 20.5. The molecular weight excluding hydrogens is 739 g/mol. The van der Waals surface area contributed by atoms with E-state index in [0.29, 0.717) is 60.7 Å². The quantitative estimate of drug-likeness (QED) is 0.187. The molecule has 1 unspecified atom stereocenters. The van der Waals surface area contributed by atoms with Crippen molar-refractivity contribution >= 4 is 39.8 Å². The Balaban J connectivity index is 1.24. The number of nitrogens with one attached hydrogen (secondary N) is 1. The molecule has 12 nitrogen and oxygen atoms in total. The van der Waals surface area contributed by atoms with Gasteiger partial charge < -0.3 is 34.1 Å². The van der Waals surface area contributed by atoms with Gasteiger partial charge in [-0.25, -0.2) is 9.48 Å². The lowest BCUT2D eigenvalue weighted by atomic mass is 9.72. The summed E-state index contributed by atoms with van der Waals surface area (Å²) in [4.78, 5) is 26.5. The highest BCUT2D eigenvalue weighted by Crippen LogP contribution is 2.48. The van der Waals surface area contributed by atoms with Crippen molar-refractivity contribution in [2.24, 2.45) is 5.41 Å². The third kappa shape index (κ3) is 8.09. The Morgan fingerprint density at radius 3 is 2.47 bits per heavy atom. The molecule has 2 aromatic carbocycles. The van der Waals surface area contributed by atoms with Crippen LogP contribution in [-0.4, -0.2) is 101 Å². The molecule has 0 bridgehead atoms. The van der Waals surface area contributed by atoms with Gasteiger partial charge in [-0.3, -0.25) is 0 Å². The molecule has 2 aromatic heterocycles. The van der Waals surface area contributed by atoms with E-state index in [2.05, 4.69) is 16.8 Å². The van der Waals surface area contributed by atoms with Crippen LogP contribution in [0.25, 0.3) is 39.0 Å². The van der Waals surface area contributed by atoms with E-state index >= 15 is 0 Å². The molecule has 4 fully saturated rings. The van der Waals surface area contributed by atoms with E-state index in [0.717, 1.165) is 74.5 Å². The van der Waals surface area contributed by atoms with E-state index in [1.165, 1.54) is 0 Å². The van der Waals surface area contributed by atoms with Crippen LogP contribution in [0, 0.1) is 12.3 Å². The third-order valence-electron chi connectivity index (χ3n) is 11.6. The second kappa shape index (κ2) is 15.3. The lowest BCUT2D eigenvalue weighted by Gasteiger charge is -2.53. The van der Waals surface area contributed by atoms with Gasteiger partial charge in [-0.05, 0) is 115 Å². The molecule has 1 spiro atoms. The Morgan fingerprint density at radius 1 is 1.05 bits per heavy atom. The molecular formula is C42H52F3N7O5. The number of alkyl halides is 3. The van der Waals surface area contributed by atoms with Crippen molar-refractivity contribution in [3.63, 3.8) is 0 Å². The molecule has 4 saturated heterocycles. The molecule has 15 heteroatoms. The Labute approximate surface area is 330 Å². The van der Waals surface area contributed by atoms with Crippen LogP contribution in [-0.2, 0) is 9.47 Å². The topological polar surface area (TPSA) is 116 Å². The number of rotatable bonds is 8. The Bertz CT molecular complexity index is 2140. The molecule has 1 N–H and O–H groups in total. The molecule has 4 aliphatic rings. The number of halogens is 3. The number of fused-ring (bicyclic) bond motifs is 2. The first kappa shape index (κ1) is 39.2. The summed E-state index contributed by atoms with van der Waals surface area (Å²) in [5, 5.41) is 9.38. The number of aryl methyl sites for hydroxylation is 1. The van der Waals surface area contributed by atoms with Crippen molar-refractivity contribution in [2.75, 3.05) is 57.4 Å². The van der Waals surface area contributed by atoms with Gasteiger partial charge in [0.2, 0.25) is 0 Å². The first-order chi connectivity index (χ1) is 27.2. The number of carbonyl (C=O) groups excluding carboxylic acids is 1. The zero-order valence-electron chi connectivity index (χ0n) is 33.2. The lowest BCUT2D eigenvalue weighted by Crippen LogP contribution is -2.62. The van der Waals surface area contributed by atoms with Crippen LogP contribution in [0.15, 0.2) is 31.0 Å². The molecule has 0 radical (unpaired) electrons. The predicted molar refractivity (Wildman–Crippen MR) is 212 cm³/mol. The summed E-state index contributed by atoms with van der Waals surface area (Å²) in [5.41, 5.74) is 2.95. The minimum atomic E-state index is -4.63. The molecule has 4 aliphatic heterocycles. The fourth-order valence-corrected chi connectivity index (χ4v) is 8.73. The third-order valence-corrected chi connectivity index (χ3v) is 11.6. The molecule has 306 valence electrons. The van der Waals surface area contributed by atoms with Gasteiger partial charge in [0.15, 0.2) is 18.6 Å².